The highest BCUT2D eigenvalue weighted by molar-refractivity contribution is 7.89. The van der Waals surface area contributed by atoms with E-state index in [0.29, 0.717) is 23.4 Å². The first kappa shape index (κ1) is 22.6. The second-order valence-corrected chi connectivity index (χ2v) is 10.7. The van der Waals surface area contributed by atoms with E-state index in [1.807, 2.05) is 28.6 Å². The van der Waals surface area contributed by atoms with Crippen molar-refractivity contribution in [3.63, 3.8) is 0 Å². The van der Waals surface area contributed by atoms with E-state index in [1.54, 1.807) is 0 Å². The lowest BCUT2D eigenvalue weighted by Gasteiger charge is -2.21. The number of hydrogen-bond acceptors (Lipinski definition) is 6. The minimum absolute atomic E-state index is 0.486. The fraction of sp³-hybridized carbons (Fsp3) is 0.400. The Morgan fingerprint density at radius 2 is 1.70 bits per heavy atom. The SMILES string of the molecule is [O-][S+](c1cccc(NC2=C(Cl)CNC(Nc3ccc4c(c3)CCCCC4)=N2)c1)N1CCCC1. The zero-order valence-electron chi connectivity index (χ0n) is 18.7. The monoisotopic (exact) mass is 483 g/mol. The molecular weight excluding hydrogens is 454 g/mol. The molecule has 0 bridgehead atoms. The minimum atomic E-state index is -1.14. The summed E-state index contributed by atoms with van der Waals surface area (Å²) in [7, 11) is 0. The van der Waals surface area contributed by atoms with Crippen molar-refractivity contribution in [3.8, 4) is 0 Å². The molecule has 1 fully saturated rings. The highest BCUT2D eigenvalue weighted by Gasteiger charge is 2.26. The Balaban J connectivity index is 1.29. The second-order valence-electron chi connectivity index (χ2n) is 8.77. The standard InChI is InChI=1S/C25H30ClN5OS/c26-23-17-27-25(29-21-12-11-18-7-2-1-3-8-19(18)15-21)30-24(23)28-20-9-6-10-22(16-20)33(32)31-13-4-5-14-31/h6,9-12,15-16,28H,1-5,7-8,13-14,17H2,(H2,27,29,30). The number of fused-ring (bicyclic) bond motifs is 1. The number of nitrogens with zero attached hydrogens (tertiary/aromatic N) is 2. The highest BCUT2D eigenvalue weighted by atomic mass is 35.5. The van der Waals surface area contributed by atoms with E-state index in [0.717, 1.165) is 48.6 Å². The Morgan fingerprint density at radius 1 is 0.909 bits per heavy atom. The molecular formula is C25H30ClN5OS. The van der Waals surface area contributed by atoms with Crippen LogP contribution in [0.15, 0.2) is 63.2 Å². The summed E-state index contributed by atoms with van der Waals surface area (Å²) in [6, 6.07) is 14.3. The van der Waals surface area contributed by atoms with E-state index >= 15 is 0 Å². The predicted molar refractivity (Wildman–Crippen MR) is 137 cm³/mol. The zero-order valence-corrected chi connectivity index (χ0v) is 20.3. The fourth-order valence-electron chi connectivity index (χ4n) is 4.57. The summed E-state index contributed by atoms with van der Waals surface area (Å²) < 4.78 is 14.9. The number of rotatable bonds is 5. The fourth-order valence-corrected chi connectivity index (χ4v) is 6.04. The van der Waals surface area contributed by atoms with Gasteiger partial charge in [-0.25, -0.2) is 0 Å². The van der Waals surface area contributed by atoms with Crippen molar-refractivity contribution in [2.75, 3.05) is 30.3 Å². The van der Waals surface area contributed by atoms with Gasteiger partial charge in [0.1, 0.15) is 0 Å². The first-order valence-corrected chi connectivity index (χ1v) is 13.3. The molecule has 1 atom stereocenters. The van der Waals surface area contributed by atoms with Gasteiger partial charge in [0.15, 0.2) is 10.7 Å². The Morgan fingerprint density at radius 3 is 2.55 bits per heavy atom. The third-order valence-electron chi connectivity index (χ3n) is 6.35. The normalized spacial score (nSPS) is 19.9. The van der Waals surface area contributed by atoms with Gasteiger partial charge in [0.2, 0.25) is 5.96 Å². The molecule has 0 amide bonds. The van der Waals surface area contributed by atoms with Gasteiger partial charge < -0.3 is 20.5 Å². The molecule has 2 aromatic rings. The summed E-state index contributed by atoms with van der Waals surface area (Å²) in [5.41, 5.74) is 4.75. The molecule has 5 rings (SSSR count). The number of guanidine groups is 1. The molecule has 1 unspecified atom stereocenters. The van der Waals surface area contributed by atoms with Gasteiger partial charge in [0.05, 0.1) is 22.9 Å². The lowest BCUT2D eigenvalue weighted by molar-refractivity contribution is 0.477. The smallest absolute Gasteiger partial charge is 0.202 e. The van der Waals surface area contributed by atoms with Crippen LogP contribution in [-0.4, -0.2) is 34.5 Å². The molecule has 33 heavy (non-hydrogen) atoms. The predicted octanol–water partition coefficient (Wildman–Crippen LogP) is 4.97. The number of hydrogen-bond donors (Lipinski definition) is 3. The maximum Gasteiger partial charge on any atom is 0.202 e. The van der Waals surface area contributed by atoms with Crippen LogP contribution in [0.2, 0.25) is 0 Å². The summed E-state index contributed by atoms with van der Waals surface area (Å²) in [5, 5.41) is 10.6. The molecule has 3 aliphatic rings. The molecule has 174 valence electrons. The van der Waals surface area contributed by atoms with Crippen molar-refractivity contribution in [2.24, 2.45) is 4.99 Å². The van der Waals surface area contributed by atoms with E-state index in [1.165, 1.54) is 36.8 Å². The van der Waals surface area contributed by atoms with Crippen LogP contribution in [0.5, 0.6) is 0 Å². The van der Waals surface area contributed by atoms with Crippen molar-refractivity contribution in [1.82, 2.24) is 9.62 Å². The lowest BCUT2D eigenvalue weighted by Crippen LogP contribution is -2.35. The molecule has 0 aromatic heterocycles. The maximum atomic E-state index is 12.9. The van der Waals surface area contributed by atoms with Crippen LogP contribution in [0.25, 0.3) is 0 Å². The van der Waals surface area contributed by atoms with Crippen LogP contribution in [0.4, 0.5) is 11.4 Å². The van der Waals surface area contributed by atoms with E-state index in [9.17, 15) is 4.55 Å². The van der Waals surface area contributed by atoms with Gasteiger partial charge in [0.25, 0.3) is 0 Å². The Labute approximate surface area is 203 Å². The molecule has 6 nitrogen and oxygen atoms in total. The van der Waals surface area contributed by atoms with Crippen LogP contribution in [0, 0.1) is 0 Å². The van der Waals surface area contributed by atoms with Gasteiger partial charge >= 0.3 is 0 Å². The molecule has 0 spiro atoms. The number of aryl methyl sites for hydroxylation is 2. The molecule has 1 saturated heterocycles. The number of anilines is 2. The summed E-state index contributed by atoms with van der Waals surface area (Å²) >= 11 is 5.33. The molecule has 2 heterocycles. The van der Waals surface area contributed by atoms with E-state index in [-0.39, 0.29) is 0 Å². The van der Waals surface area contributed by atoms with Crippen LogP contribution in [0.3, 0.4) is 0 Å². The highest BCUT2D eigenvalue weighted by Crippen LogP contribution is 2.26. The molecule has 3 N–H and O–H groups in total. The van der Waals surface area contributed by atoms with Gasteiger partial charge in [0, 0.05) is 30.5 Å². The van der Waals surface area contributed by atoms with E-state index in [2.05, 4.69) is 39.1 Å². The van der Waals surface area contributed by atoms with Crippen LogP contribution in [-0.2, 0) is 24.2 Å². The Hall–Kier alpha value is -2.19. The number of nitrogens with one attached hydrogen (secondary N) is 3. The summed E-state index contributed by atoms with van der Waals surface area (Å²) in [6.45, 7) is 2.25. The van der Waals surface area contributed by atoms with Gasteiger partial charge in [-0.05, 0) is 73.9 Å². The second kappa shape index (κ2) is 10.4. The number of halogens is 1. The zero-order chi connectivity index (χ0) is 22.6. The van der Waals surface area contributed by atoms with Crippen molar-refractivity contribution in [2.45, 2.75) is 49.8 Å². The average Bonchev–Trinajstić information content (AvgIpc) is 3.27. The Kier molecular flexibility index (Phi) is 7.11. The first-order chi connectivity index (χ1) is 16.2. The molecule has 2 aliphatic heterocycles. The van der Waals surface area contributed by atoms with Crippen LogP contribution < -0.4 is 16.0 Å². The molecule has 1 aliphatic carbocycles. The molecule has 0 saturated carbocycles. The summed E-state index contributed by atoms with van der Waals surface area (Å²) in [5.74, 6) is 1.25. The van der Waals surface area contributed by atoms with Gasteiger partial charge in [-0.3, -0.25) is 0 Å². The van der Waals surface area contributed by atoms with Crippen molar-refractivity contribution in [3.05, 3.63) is 64.4 Å². The van der Waals surface area contributed by atoms with Gasteiger partial charge in [-0.2, -0.15) is 4.99 Å². The quantitative estimate of drug-likeness (QED) is 0.413. The number of benzene rings is 2. The topological polar surface area (TPSA) is 74.7 Å². The average molecular weight is 484 g/mol. The lowest BCUT2D eigenvalue weighted by atomic mass is 10.0. The third-order valence-corrected chi connectivity index (χ3v) is 8.15. The molecule has 2 aromatic carbocycles. The van der Waals surface area contributed by atoms with E-state index in [4.69, 9.17) is 11.6 Å². The summed E-state index contributed by atoms with van der Waals surface area (Å²) in [6.07, 6.45) is 8.35. The van der Waals surface area contributed by atoms with Gasteiger partial charge in [-0.1, -0.05) is 30.2 Å². The Bertz CT molecular complexity index is 1070. The summed E-state index contributed by atoms with van der Waals surface area (Å²) in [4.78, 5) is 5.47. The minimum Gasteiger partial charge on any atom is -0.593 e. The first-order valence-electron chi connectivity index (χ1n) is 11.8. The van der Waals surface area contributed by atoms with E-state index < -0.39 is 11.4 Å². The van der Waals surface area contributed by atoms with Crippen LogP contribution in [0.1, 0.15) is 43.2 Å². The molecule has 8 heteroatoms. The largest absolute Gasteiger partial charge is 0.593 e. The van der Waals surface area contributed by atoms with Gasteiger partial charge in [-0.15, -0.1) is 4.31 Å². The molecule has 0 radical (unpaired) electrons. The van der Waals surface area contributed by atoms with Crippen LogP contribution >= 0.6 is 11.6 Å². The van der Waals surface area contributed by atoms with Crippen molar-refractivity contribution < 1.29 is 4.55 Å². The maximum absolute atomic E-state index is 12.9. The van der Waals surface area contributed by atoms with Crippen molar-refractivity contribution in [1.29, 1.82) is 0 Å². The third kappa shape index (κ3) is 5.49. The van der Waals surface area contributed by atoms with Crippen molar-refractivity contribution >= 4 is 40.3 Å². The number of aliphatic imine (C=N–C) groups is 1.